The molecule has 0 aliphatic carbocycles. The maximum absolute atomic E-state index is 12.4. The number of hydrogen-bond acceptors (Lipinski definition) is 5. The van der Waals surface area contributed by atoms with Crippen molar-refractivity contribution < 1.29 is 19.1 Å². The zero-order valence-corrected chi connectivity index (χ0v) is 14.2. The van der Waals surface area contributed by atoms with Gasteiger partial charge in [0.25, 0.3) is 5.91 Å². The zero-order valence-electron chi connectivity index (χ0n) is 14.2. The van der Waals surface area contributed by atoms with Gasteiger partial charge in [0.15, 0.2) is 6.61 Å². The third-order valence-corrected chi connectivity index (χ3v) is 4.20. The molecule has 7 heteroatoms. The van der Waals surface area contributed by atoms with Crippen molar-refractivity contribution >= 4 is 17.8 Å². The topological polar surface area (TPSA) is 81.5 Å². The van der Waals surface area contributed by atoms with Gasteiger partial charge in [-0.25, -0.2) is 9.48 Å². The number of rotatable bonds is 4. The number of esters is 1. The first-order chi connectivity index (χ1) is 12.0. The van der Waals surface area contributed by atoms with Gasteiger partial charge in [0, 0.05) is 13.0 Å². The lowest BCUT2D eigenvalue weighted by molar-refractivity contribution is -0.143. The molecule has 0 N–H and O–H groups in total. The maximum atomic E-state index is 12.4. The van der Waals surface area contributed by atoms with E-state index in [0.29, 0.717) is 36.3 Å². The summed E-state index contributed by atoms with van der Waals surface area (Å²) in [5, 5.41) is 4.38. The fraction of sp³-hybridized carbons (Fsp3) is 0.333. The number of benzene rings is 1. The first-order valence-electron chi connectivity index (χ1n) is 8.11. The van der Waals surface area contributed by atoms with E-state index in [1.165, 1.54) is 0 Å². The van der Waals surface area contributed by atoms with Crippen molar-refractivity contribution in [3.63, 3.8) is 0 Å². The summed E-state index contributed by atoms with van der Waals surface area (Å²) in [4.78, 5) is 37.1. The average molecular weight is 341 g/mol. The first-order valence-corrected chi connectivity index (χ1v) is 8.11. The monoisotopic (exact) mass is 341 g/mol. The predicted octanol–water partition coefficient (Wildman–Crippen LogP) is 1.79. The largest absolute Gasteiger partial charge is 0.452 e. The highest BCUT2D eigenvalue weighted by atomic mass is 16.5. The number of hydrogen-bond donors (Lipinski definition) is 0. The Hall–Kier alpha value is -2.96. The molecule has 2 amide bonds. The van der Waals surface area contributed by atoms with Crippen LogP contribution in [0.4, 0.5) is 0 Å². The number of nitrogens with zero attached hydrogens (tertiary/aromatic N) is 3. The van der Waals surface area contributed by atoms with Gasteiger partial charge < -0.3 is 4.74 Å². The standard InChI is InChI=1S/C18H19N3O4/c1-12-17(13(2)21(19-12)14-7-4-3-5-8-14)18(24)25-11-16(23)20-10-6-9-15(20)22/h3-5,7-8H,6,9-11H2,1-2H3. The SMILES string of the molecule is Cc1nn(-c2ccccc2)c(C)c1C(=O)OCC(=O)N1CCCC1=O. The molecule has 25 heavy (non-hydrogen) atoms. The average Bonchev–Trinajstić information content (AvgIpc) is 3.16. The van der Waals surface area contributed by atoms with Crippen LogP contribution in [0, 0.1) is 13.8 Å². The fourth-order valence-electron chi connectivity index (χ4n) is 2.95. The van der Waals surface area contributed by atoms with E-state index in [9.17, 15) is 14.4 Å². The highest BCUT2D eigenvalue weighted by molar-refractivity contribution is 5.99. The molecule has 1 aromatic carbocycles. The van der Waals surface area contributed by atoms with E-state index in [0.717, 1.165) is 10.6 Å². The summed E-state index contributed by atoms with van der Waals surface area (Å²) >= 11 is 0. The predicted molar refractivity (Wildman–Crippen MR) is 89.3 cm³/mol. The summed E-state index contributed by atoms with van der Waals surface area (Å²) in [6.45, 7) is 3.43. The van der Waals surface area contributed by atoms with Gasteiger partial charge in [-0.3, -0.25) is 14.5 Å². The number of likely N-dealkylation sites (tertiary alicyclic amines) is 1. The molecule has 0 saturated carbocycles. The molecule has 2 aromatic rings. The van der Waals surface area contributed by atoms with E-state index in [-0.39, 0.29) is 5.91 Å². The van der Waals surface area contributed by atoms with Gasteiger partial charge >= 0.3 is 5.97 Å². The van der Waals surface area contributed by atoms with Crippen LogP contribution < -0.4 is 0 Å². The Morgan fingerprint density at radius 2 is 1.92 bits per heavy atom. The Labute approximate surface area is 145 Å². The zero-order chi connectivity index (χ0) is 18.0. The molecule has 2 heterocycles. The summed E-state index contributed by atoms with van der Waals surface area (Å²) in [6, 6.07) is 9.44. The van der Waals surface area contributed by atoms with Crippen LogP contribution in [0.25, 0.3) is 5.69 Å². The van der Waals surface area contributed by atoms with E-state index >= 15 is 0 Å². The van der Waals surface area contributed by atoms with Crippen molar-refractivity contribution in [2.24, 2.45) is 0 Å². The highest BCUT2D eigenvalue weighted by Gasteiger charge is 2.28. The van der Waals surface area contributed by atoms with Crippen LogP contribution in [-0.4, -0.2) is 45.6 Å². The van der Waals surface area contributed by atoms with Gasteiger partial charge in [-0.2, -0.15) is 5.10 Å². The Morgan fingerprint density at radius 3 is 2.56 bits per heavy atom. The molecule has 0 spiro atoms. The van der Waals surface area contributed by atoms with Gasteiger partial charge in [-0.1, -0.05) is 18.2 Å². The van der Waals surface area contributed by atoms with Crippen molar-refractivity contribution in [1.29, 1.82) is 0 Å². The number of aryl methyl sites for hydroxylation is 1. The number of imide groups is 1. The molecular formula is C18H19N3O4. The van der Waals surface area contributed by atoms with Crippen LogP contribution in [0.15, 0.2) is 30.3 Å². The van der Waals surface area contributed by atoms with Crippen LogP contribution in [0.5, 0.6) is 0 Å². The molecule has 0 bridgehead atoms. The maximum Gasteiger partial charge on any atom is 0.342 e. The molecule has 0 atom stereocenters. The third kappa shape index (κ3) is 3.31. The van der Waals surface area contributed by atoms with Gasteiger partial charge in [0.2, 0.25) is 5.91 Å². The number of para-hydroxylation sites is 1. The molecule has 1 saturated heterocycles. The number of aromatic nitrogens is 2. The second-order valence-electron chi connectivity index (χ2n) is 5.91. The summed E-state index contributed by atoms with van der Waals surface area (Å²) in [6.07, 6.45) is 1.02. The van der Waals surface area contributed by atoms with Crippen molar-refractivity contribution in [3.8, 4) is 5.69 Å². The molecule has 1 aliphatic rings. The lowest BCUT2D eigenvalue weighted by Crippen LogP contribution is -2.35. The van der Waals surface area contributed by atoms with Gasteiger partial charge in [-0.15, -0.1) is 0 Å². The number of carbonyl (C=O) groups excluding carboxylic acids is 3. The van der Waals surface area contributed by atoms with E-state index in [2.05, 4.69) is 5.10 Å². The van der Waals surface area contributed by atoms with Crippen molar-refractivity contribution in [3.05, 3.63) is 47.3 Å². The Balaban J connectivity index is 1.73. The van der Waals surface area contributed by atoms with Crippen LogP contribution in [0.1, 0.15) is 34.6 Å². The van der Waals surface area contributed by atoms with Gasteiger partial charge in [-0.05, 0) is 32.4 Å². The highest BCUT2D eigenvalue weighted by Crippen LogP contribution is 2.19. The van der Waals surface area contributed by atoms with Crippen molar-refractivity contribution in [2.45, 2.75) is 26.7 Å². The minimum atomic E-state index is -0.614. The van der Waals surface area contributed by atoms with Gasteiger partial charge in [0.05, 0.1) is 17.1 Å². The minimum Gasteiger partial charge on any atom is -0.452 e. The van der Waals surface area contributed by atoms with E-state index < -0.39 is 18.5 Å². The summed E-state index contributed by atoms with van der Waals surface area (Å²) in [5.41, 5.74) is 2.33. The summed E-state index contributed by atoms with van der Waals surface area (Å²) in [7, 11) is 0. The number of amides is 2. The summed E-state index contributed by atoms with van der Waals surface area (Å²) in [5.74, 6) is -1.32. The van der Waals surface area contributed by atoms with Gasteiger partial charge in [0.1, 0.15) is 5.56 Å². The van der Waals surface area contributed by atoms with Crippen LogP contribution >= 0.6 is 0 Å². The molecule has 0 radical (unpaired) electrons. The molecule has 1 aromatic heterocycles. The Kier molecular flexibility index (Phi) is 4.65. The van der Waals surface area contributed by atoms with Crippen LogP contribution in [-0.2, 0) is 14.3 Å². The van der Waals surface area contributed by atoms with Crippen molar-refractivity contribution in [1.82, 2.24) is 14.7 Å². The normalized spacial score (nSPS) is 14.0. The molecule has 1 fully saturated rings. The lowest BCUT2D eigenvalue weighted by Gasteiger charge is -2.13. The fourth-order valence-corrected chi connectivity index (χ4v) is 2.95. The molecule has 7 nitrogen and oxygen atoms in total. The molecule has 130 valence electrons. The van der Waals surface area contributed by atoms with E-state index in [4.69, 9.17) is 4.74 Å². The Bertz CT molecular complexity index is 826. The second kappa shape index (κ2) is 6.88. The molecule has 1 aliphatic heterocycles. The van der Waals surface area contributed by atoms with E-state index in [1.807, 2.05) is 30.3 Å². The lowest BCUT2D eigenvalue weighted by atomic mass is 10.2. The summed E-state index contributed by atoms with van der Waals surface area (Å²) < 4.78 is 6.79. The van der Waals surface area contributed by atoms with Crippen molar-refractivity contribution in [2.75, 3.05) is 13.2 Å². The van der Waals surface area contributed by atoms with Crippen LogP contribution in [0.2, 0.25) is 0 Å². The third-order valence-electron chi connectivity index (χ3n) is 4.20. The Morgan fingerprint density at radius 1 is 1.20 bits per heavy atom. The molecule has 3 rings (SSSR count). The molecule has 0 unspecified atom stereocenters. The first kappa shape index (κ1) is 16.9. The number of ether oxygens (including phenoxy) is 1. The quantitative estimate of drug-likeness (QED) is 0.792. The van der Waals surface area contributed by atoms with E-state index in [1.54, 1.807) is 18.5 Å². The number of carbonyl (C=O) groups is 3. The molecular weight excluding hydrogens is 322 g/mol. The minimum absolute atomic E-state index is 0.217. The second-order valence-corrected chi connectivity index (χ2v) is 5.91. The van der Waals surface area contributed by atoms with Crippen LogP contribution in [0.3, 0.4) is 0 Å². The smallest absolute Gasteiger partial charge is 0.342 e.